The second-order valence-electron chi connectivity index (χ2n) is 6.71. The Balaban J connectivity index is 0. The summed E-state index contributed by atoms with van der Waals surface area (Å²) < 4.78 is 10.8. The Hall–Kier alpha value is -0.670. The highest BCUT2D eigenvalue weighted by Gasteiger charge is 2.00. The molecule has 0 heterocycles. The van der Waals surface area contributed by atoms with E-state index in [1.54, 1.807) is 0 Å². The van der Waals surface area contributed by atoms with Crippen molar-refractivity contribution in [1.82, 2.24) is 0 Å². The second-order valence-corrected chi connectivity index (χ2v) is 6.71. The van der Waals surface area contributed by atoms with Crippen molar-refractivity contribution >= 4 is 6.29 Å². The van der Waals surface area contributed by atoms with Crippen molar-refractivity contribution < 1.29 is 14.3 Å². The van der Waals surface area contributed by atoms with Gasteiger partial charge in [-0.3, -0.25) is 0 Å². The predicted octanol–water partition coefficient (Wildman–Crippen LogP) is 5.97. The molecule has 0 aromatic rings. The standard InChI is InChI=1S/C11H22O2.C10H20O/c1-3-4-5-6-9-13-10-11(2)7-8-12;1-4-5-6-7-8-11-9-10(2)3/h8,11H,3-7,9-10H2,1-2H3;2,4-9H2,1,3H3. The summed E-state index contributed by atoms with van der Waals surface area (Å²) in [5.74, 6) is 0.378. The van der Waals surface area contributed by atoms with Gasteiger partial charge in [-0.2, -0.15) is 0 Å². The third kappa shape index (κ3) is 26.2. The van der Waals surface area contributed by atoms with Gasteiger partial charge in [-0.25, -0.2) is 0 Å². The molecule has 0 bridgehead atoms. The minimum absolute atomic E-state index is 0.378. The van der Waals surface area contributed by atoms with E-state index in [1.165, 1.54) is 44.9 Å². The van der Waals surface area contributed by atoms with E-state index in [0.29, 0.717) is 12.3 Å². The van der Waals surface area contributed by atoms with E-state index < -0.39 is 0 Å². The average molecular weight is 343 g/mol. The maximum atomic E-state index is 10.1. The molecule has 0 aromatic carbocycles. The Morgan fingerprint density at radius 2 is 1.50 bits per heavy atom. The SMILES string of the molecule is C=C(C)COCCCCCC.CCCCCCOCC(C)CC=O. The van der Waals surface area contributed by atoms with Gasteiger partial charge in [0.1, 0.15) is 6.29 Å². The number of hydrogen-bond donors (Lipinski definition) is 0. The van der Waals surface area contributed by atoms with Crippen LogP contribution < -0.4 is 0 Å². The number of carbonyl (C=O) groups excluding carboxylic acids is 1. The molecule has 144 valence electrons. The topological polar surface area (TPSA) is 35.5 Å². The van der Waals surface area contributed by atoms with Crippen molar-refractivity contribution in [1.29, 1.82) is 0 Å². The summed E-state index contributed by atoms with van der Waals surface area (Å²) in [4.78, 5) is 10.1. The minimum Gasteiger partial charge on any atom is -0.381 e. The first kappa shape index (κ1) is 25.6. The Bertz CT molecular complexity index is 264. The molecule has 0 N–H and O–H groups in total. The molecule has 0 aromatic heterocycles. The first-order valence-electron chi connectivity index (χ1n) is 9.81. The van der Waals surface area contributed by atoms with Gasteiger partial charge in [-0.15, -0.1) is 0 Å². The fourth-order valence-electron chi connectivity index (χ4n) is 2.03. The van der Waals surface area contributed by atoms with Crippen molar-refractivity contribution in [3.05, 3.63) is 12.2 Å². The monoisotopic (exact) mass is 342 g/mol. The molecule has 0 aliphatic rings. The fourth-order valence-corrected chi connectivity index (χ4v) is 2.03. The number of ether oxygens (including phenoxy) is 2. The first-order valence-corrected chi connectivity index (χ1v) is 9.81. The van der Waals surface area contributed by atoms with Crippen molar-refractivity contribution in [2.24, 2.45) is 5.92 Å². The summed E-state index contributed by atoms with van der Waals surface area (Å²) in [6, 6.07) is 0. The molecule has 0 rings (SSSR count). The van der Waals surface area contributed by atoms with Crippen LogP contribution in [-0.4, -0.2) is 32.7 Å². The summed E-state index contributed by atoms with van der Waals surface area (Å²) in [6.45, 7) is 15.4. The van der Waals surface area contributed by atoms with Crippen molar-refractivity contribution in [3.8, 4) is 0 Å². The lowest BCUT2D eigenvalue weighted by Crippen LogP contribution is -2.07. The van der Waals surface area contributed by atoms with Gasteiger partial charge in [-0.1, -0.05) is 71.4 Å². The van der Waals surface area contributed by atoms with Crippen LogP contribution in [-0.2, 0) is 14.3 Å². The molecule has 1 atom stereocenters. The van der Waals surface area contributed by atoms with Gasteiger partial charge >= 0.3 is 0 Å². The van der Waals surface area contributed by atoms with Gasteiger partial charge in [-0.05, 0) is 25.7 Å². The summed E-state index contributed by atoms with van der Waals surface area (Å²) in [7, 11) is 0. The van der Waals surface area contributed by atoms with E-state index in [1.807, 2.05) is 13.8 Å². The maximum absolute atomic E-state index is 10.1. The van der Waals surface area contributed by atoms with Crippen LogP contribution in [0.4, 0.5) is 0 Å². The molecule has 0 radical (unpaired) electrons. The maximum Gasteiger partial charge on any atom is 0.120 e. The zero-order valence-electron chi connectivity index (χ0n) is 16.8. The smallest absolute Gasteiger partial charge is 0.120 e. The first-order chi connectivity index (χ1) is 11.6. The zero-order valence-corrected chi connectivity index (χ0v) is 16.8. The number of carbonyl (C=O) groups is 1. The van der Waals surface area contributed by atoms with Crippen LogP contribution in [0.3, 0.4) is 0 Å². The van der Waals surface area contributed by atoms with Crippen LogP contribution in [0.1, 0.15) is 85.5 Å². The van der Waals surface area contributed by atoms with Crippen molar-refractivity contribution in [3.63, 3.8) is 0 Å². The number of rotatable bonds is 16. The van der Waals surface area contributed by atoms with Gasteiger partial charge in [0.15, 0.2) is 0 Å². The number of hydrogen-bond acceptors (Lipinski definition) is 3. The highest BCUT2D eigenvalue weighted by atomic mass is 16.5. The van der Waals surface area contributed by atoms with Crippen LogP contribution in [0.2, 0.25) is 0 Å². The second kappa shape index (κ2) is 22.3. The van der Waals surface area contributed by atoms with Gasteiger partial charge in [0.2, 0.25) is 0 Å². The average Bonchev–Trinajstić information content (AvgIpc) is 2.55. The lowest BCUT2D eigenvalue weighted by atomic mass is 10.1. The van der Waals surface area contributed by atoms with Crippen LogP contribution in [0.25, 0.3) is 0 Å². The zero-order chi connectivity index (χ0) is 18.5. The summed E-state index contributed by atoms with van der Waals surface area (Å²) in [5, 5.41) is 0. The molecule has 0 saturated heterocycles. The van der Waals surface area contributed by atoms with Gasteiger partial charge in [0, 0.05) is 26.2 Å². The Morgan fingerprint density at radius 1 is 0.958 bits per heavy atom. The number of unbranched alkanes of at least 4 members (excludes halogenated alkanes) is 6. The summed E-state index contributed by atoms with van der Waals surface area (Å²) in [6.07, 6.45) is 11.7. The lowest BCUT2D eigenvalue weighted by Gasteiger charge is -2.08. The highest BCUT2D eigenvalue weighted by molar-refractivity contribution is 5.49. The molecular weight excluding hydrogens is 300 g/mol. The summed E-state index contributed by atoms with van der Waals surface area (Å²) in [5.41, 5.74) is 1.11. The van der Waals surface area contributed by atoms with Crippen LogP contribution in [0.15, 0.2) is 12.2 Å². The fraction of sp³-hybridized carbons (Fsp3) is 0.857. The molecule has 3 nitrogen and oxygen atoms in total. The molecule has 24 heavy (non-hydrogen) atoms. The molecule has 1 unspecified atom stereocenters. The predicted molar refractivity (Wildman–Crippen MR) is 105 cm³/mol. The van der Waals surface area contributed by atoms with E-state index in [-0.39, 0.29) is 0 Å². The molecule has 0 saturated carbocycles. The third-order valence-electron chi connectivity index (χ3n) is 3.53. The van der Waals surface area contributed by atoms with E-state index in [9.17, 15) is 4.79 Å². The lowest BCUT2D eigenvalue weighted by molar-refractivity contribution is -0.108. The molecular formula is C21H42O3. The largest absolute Gasteiger partial charge is 0.381 e. The quantitative estimate of drug-likeness (QED) is 0.197. The normalized spacial score (nSPS) is 11.5. The van der Waals surface area contributed by atoms with E-state index >= 15 is 0 Å². The Morgan fingerprint density at radius 3 is 1.96 bits per heavy atom. The Kier molecular flexibility index (Phi) is 23.8. The van der Waals surface area contributed by atoms with Gasteiger partial charge < -0.3 is 14.3 Å². The number of aldehydes is 1. The van der Waals surface area contributed by atoms with Crippen molar-refractivity contribution in [2.45, 2.75) is 85.5 Å². The van der Waals surface area contributed by atoms with Gasteiger partial charge in [0.25, 0.3) is 0 Å². The molecule has 3 heteroatoms. The van der Waals surface area contributed by atoms with Crippen molar-refractivity contribution in [2.75, 3.05) is 26.4 Å². The summed E-state index contributed by atoms with van der Waals surface area (Å²) >= 11 is 0. The third-order valence-corrected chi connectivity index (χ3v) is 3.53. The van der Waals surface area contributed by atoms with Crippen LogP contribution in [0, 0.1) is 5.92 Å². The van der Waals surface area contributed by atoms with Gasteiger partial charge in [0.05, 0.1) is 6.61 Å². The molecule has 0 amide bonds. The van der Waals surface area contributed by atoms with E-state index in [4.69, 9.17) is 9.47 Å². The Labute approximate surface area is 151 Å². The highest BCUT2D eigenvalue weighted by Crippen LogP contribution is 2.03. The minimum atomic E-state index is 0.378. The van der Waals surface area contributed by atoms with E-state index in [0.717, 1.165) is 44.7 Å². The molecule has 0 aliphatic heterocycles. The molecule has 0 aliphatic carbocycles. The van der Waals surface area contributed by atoms with Crippen LogP contribution >= 0.6 is 0 Å². The van der Waals surface area contributed by atoms with E-state index in [2.05, 4.69) is 20.4 Å². The molecule has 0 fully saturated rings. The van der Waals surface area contributed by atoms with Crippen LogP contribution in [0.5, 0.6) is 0 Å². The molecule has 0 spiro atoms.